The maximum atomic E-state index is 12.5. The monoisotopic (exact) mass is 329 g/mol. The third-order valence-corrected chi connectivity index (χ3v) is 5.18. The molecule has 2 aliphatic rings. The van der Waals surface area contributed by atoms with Crippen molar-refractivity contribution in [2.75, 3.05) is 39.8 Å². The molecule has 0 saturated carbocycles. The van der Waals surface area contributed by atoms with Crippen LogP contribution in [0.4, 0.5) is 0 Å². The Bertz CT molecular complexity index is 575. The zero-order valence-corrected chi connectivity index (χ0v) is 14.5. The number of rotatable bonds is 5. The minimum atomic E-state index is 0.218. The first-order chi connectivity index (χ1) is 11.6. The Hall–Kier alpha value is -1.88. The molecule has 5 heteroatoms. The molecule has 1 aromatic carbocycles. The summed E-state index contributed by atoms with van der Waals surface area (Å²) in [5.74, 6) is 0.460. The number of likely N-dealkylation sites (N-methyl/N-ethyl adjacent to an activating group) is 1. The first-order valence-corrected chi connectivity index (χ1v) is 8.96. The molecule has 2 saturated heterocycles. The summed E-state index contributed by atoms with van der Waals surface area (Å²) in [5.41, 5.74) is 1.26. The van der Waals surface area contributed by atoms with Crippen LogP contribution in [0.15, 0.2) is 30.3 Å². The molecular formula is C19H27N3O2. The highest BCUT2D eigenvalue weighted by Crippen LogP contribution is 2.24. The van der Waals surface area contributed by atoms with E-state index in [2.05, 4.69) is 36.2 Å². The number of hydrogen-bond donors (Lipinski definition) is 0. The van der Waals surface area contributed by atoms with E-state index in [9.17, 15) is 9.59 Å². The van der Waals surface area contributed by atoms with Gasteiger partial charge < -0.3 is 9.80 Å². The smallest absolute Gasteiger partial charge is 0.222 e. The summed E-state index contributed by atoms with van der Waals surface area (Å²) < 4.78 is 0. The standard InChI is InChI=1S/C19H27N3O2/c1-20-13-14-22(15-17(20)16-7-3-2-4-8-16)19(24)10-6-12-21-11-5-9-18(21)23/h2-4,7-8,17H,5-6,9-15H2,1H3. The van der Waals surface area contributed by atoms with Crippen LogP contribution < -0.4 is 0 Å². The predicted molar refractivity (Wildman–Crippen MR) is 93.4 cm³/mol. The zero-order chi connectivity index (χ0) is 16.9. The quantitative estimate of drug-likeness (QED) is 0.829. The van der Waals surface area contributed by atoms with Crippen LogP contribution in [0.1, 0.15) is 37.3 Å². The van der Waals surface area contributed by atoms with Crippen molar-refractivity contribution in [3.05, 3.63) is 35.9 Å². The second kappa shape index (κ2) is 7.79. The lowest BCUT2D eigenvalue weighted by atomic mass is 10.0. The molecule has 0 aromatic heterocycles. The summed E-state index contributed by atoms with van der Waals surface area (Å²) in [6.07, 6.45) is 2.94. The summed E-state index contributed by atoms with van der Waals surface area (Å²) in [4.78, 5) is 30.4. The number of piperazine rings is 1. The van der Waals surface area contributed by atoms with Crippen LogP contribution in [0.2, 0.25) is 0 Å². The van der Waals surface area contributed by atoms with E-state index < -0.39 is 0 Å². The van der Waals surface area contributed by atoms with Gasteiger partial charge in [0, 0.05) is 45.6 Å². The fourth-order valence-corrected chi connectivity index (χ4v) is 3.66. The fraction of sp³-hybridized carbons (Fsp3) is 0.579. The van der Waals surface area contributed by atoms with Gasteiger partial charge in [-0.2, -0.15) is 0 Å². The van der Waals surface area contributed by atoms with Gasteiger partial charge in [-0.25, -0.2) is 0 Å². The van der Waals surface area contributed by atoms with Gasteiger partial charge in [0.15, 0.2) is 0 Å². The summed E-state index contributed by atoms with van der Waals surface area (Å²) in [6, 6.07) is 10.7. The highest BCUT2D eigenvalue weighted by Gasteiger charge is 2.28. The van der Waals surface area contributed by atoms with Gasteiger partial charge >= 0.3 is 0 Å². The van der Waals surface area contributed by atoms with Gasteiger partial charge in [0.25, 0.3) is 0 Å². The van der Waals surface area contributed by atoms with Gasteiger partial charge in [-0.05, 0) is 25.5 Å². The Morgan fingerprint density at radius 3 is 2.67 bits per heavy atom. The lowest BCUT2D eigenvalue weighted by Gasteiger charge is -2.39. The largest absolute Gasteiger partial charge is 0.343 e. The average molecular weight is 329 g/mol. The number of benzene rings is 1. The first-order valence-electron chi connectivity index (χ1n) is 8.96. The van der Waals surface area contributed by atoms with Crippen LogP contribution in [0.5, 0.6) is 0 Å². The van der Waals surface area contributed by atoms with E-state index in [0.29, 0.717) is 12.8 Å². The summed E-state index contributed by atoms with van der Waals surface area (Å²) in [6.45, 7) is 4.03. The van der Waals surface area contributed by atoms with E-state index in [-0.39, 0.29) is 17.9 Å². The molecule has 0 spiro atoms. The Morgan fingerprint density at radius 1 is 1.17 bits per heavy atom. The zero-order valence-electron chi connectivity index (χ0n) is 14.5. The Labute approximate surface area is 144 Å². The van der Waals surface area contributed by atoms with Crippen LogP contribution in [0.3, 0.4) is 0 Å². The van der Waals surface area contributed by atoms with Crippen LogP contribution >= 0.6 is 0 Å². The van der Waals surface area contributed by atoms with Crippen molar-refractivity contribution >= 4 is 11.8 Å². The maximum Gasteiger partial charge on any atom is 0.222 e. The van der Waals surface area contributed by atoms with Crippen LogP contribution in [0, 0.1) is 0 Å². The highest BCUT2D eigenvalue weighted by atomic mass is 16.2. The molecule has 2 fully saturated rings. The molecule has 0 radical (unpaired) electrons. The van der Waals surface area contributed by atoms with Crippen LogP contribution in [-0.4, -0.2) is 66.3 Å². The van der Waals surface area contributed by atoms with Gasteiger partial charge in [-0.1, -0.05) is 30.3 Å². The molecule has 0 bridgehead atoms. The minimum absolute atomic E-state index is 0.218. The molecule has 1 aromatic rings. The van der Waals surface area contributed by atoms with Gasteiger partial charge in [-0.15, -0.1) is 0 Å². The maximum absolute atomic E-state index is 12.5. The van der Waals surface area contributed by atoms with Crippen molar-refractivity contribution in [1.82, 2.24) is 14.7 Å². The molecule has 2 amide bonds. The molecule has 130 valence electrons. The molecule has 3 rings (SSSR count). The second-order valence-corrected chi connectivity index (χ2v) is 6.83. The van der Waals surface area contributed by atoms with Crippen molar-refractivity contribution in [2.24, 2.45) is 0 Å². The summed E-state index contributed by atoms with van der Waals surface area (Å²) >= 11 is 0. The topological polar surface area (TPSA) is 43.9 Å². The molecular weight excluding hydrogens is 302 g/mol. The average Bonchev–Trinajstić information content (AvgIpc) is 3.01. The second-order valence-electron chi connectivity index (χ2n) is 6.83. The van der Waals surface area contributed by atoms with E-state index >= 15 is 0 Å². The summed E-state index contributed by atoms with van der Waals surface area (Å²) in [5, 5.41) is 0. The van der Waals surface area contributed by atoms with Crippen molar-refractivity contribution in [3.63, 3.8) is 0 Å². The van der Waals surface area contributed by atoms with E-state index in [0.717, 1.165) is 45.6 Å². The van der Waals surface area contributed by atoms with Crippen LogP contribution in [-0.2, 0) is 9.59 Å². The van der Waals surface area contributed by atoms with Crippen molar-refractivity contribution < 1.29 is 9.59 Å². The third-order valence-electron chi connectivity index (χ3n) is 5.18. The Balaban J connectivity index is 1.50. The van der Waals surface area contributed by atoms with E-state index in [1.165, 1.54) is 5.56 Å². The molecule has 1 atom stereocenters. The van der Waals surface area contributed by atoms with E-state index in [1.54, 1.807) is 0 Å². The predicted octanol–water partition coefficient (Wildman–Crippen LogP) is 1.90. The SMILES string of the molecule is CN1CCN(C(=O)CCCN2CCCC2=O)CC1c1ccccc1. The Morgan fingerprint density at radius 2 is 1.96 bits per heavy atom. The number of nitrogens with zero attached hydrogens (tertiary/aromatic N) is 3. The number of carbonyl (C=O) groups excluding carboxylic acids is 2. The van der Waals surface area contributed by atoms with Crippen LogP contribution in [0.25, 0.3) is 0 Å². The van der Waals surface area contributed by atoms with Gasteiger partial charge in [0.05, 0.1) is 6.04 Å². The molecule has 2 heterocycles. The molecule has 0 N–H and O–H groups in total. The molecule has 5 nitrogen and oxygen atoms in total. The normalized spacial score (nSPS) is 22.2. The number of likely N-dealkylation sites (tertiary alicyclic amines) is 1. The van der Waals surface area contributed by atoms with Gasteiger partial charge in [-0.3, -0.25) is 14.5 Å². The summed E-state index contributed by atoms with van der Waals surface area (Å²) in [7, 11) is 2.12. The highest BCUT2D eigenvalue weighted by molar-refractivity contribution is 5.78. The third kappa shape index (κ3) is 3.96. The molecule has 24 heavy (non-hydrogen) atoms. The van der Waals surface area contributed by atoms with Crippen molar-refractivity contribution in [2.45, 2.75) is 31.7 Å². The first kappa shape index (κ1) is 17.0. The van der Waals surface area contributed by atoms with Gasteiger partial charge in [0.1, 0.15) is 0 Å². The number of amides is 2. The van der Waals surface area contributed by atoms with Gasteiger partial charge in [0.2, 0.25) is 11.8 Å². The molecule has 2 aliphatic heterocycles. The fourth-order valence-electron chi connectivity index (χ4n) is 3.66. The van der Waals surface area contributed by atoms with Crippen molar-refractivity contribution in [1.29, 1.82) is 0 Å². The minimum Gasteiger partial charge on any atom is -0.343 e. The molecule has 0 aliphatic carbocycles. The Kier molecular flexibility index (Phi) is 5.51. The van der Waals surface area contributed by atoms with E-state index in [1.807, 2.05) is 15.9 Å². The number of hydrogen-bond acceptors (Lipinski definition) is 3. The lowest BCUT2D eigenvalue weighted by Crippen LogP contribution is -2.49. The lowest BCUT2D eigenvalue weighted by molar-refractivity contribution is -0.135. The van der Waals surface area contributed by atoms with Crippen molar-refractivity contribution in [3.8, 4) is 0 Å². The molecule has 1 unspecified atom stereocenters. The number of carbonyl (C=O) groups is 2. The van der Waals surface area contributed by atoms with E-state index in [4.69, 9.17) is 0 Å².